The van der Waals surface area contributed by atoms with Crippen LogP contribution >= 0.6 is 23.1 Å². The van der Waals surface area contributed by atoms with E-state index in [1.807, 2.05) is 23.9 Å². The highest BCUT2D eigenvalue weighted by Gasteiger charge is 2.54. The van der Waals surface area contributed by atoms with E-state index < -0.39 is 0 Å². The van der Waals surface area contributed by atoms with Gasteiger partial charge >= 0.3 is 4.87 Å². The lowest BCUT2D eigenvalue weighted by molar-refractivity contribution is 0.307. The van der Waals surface area contributed by atoms with Crippen molar-refractivity contribution in [3.05, 3.63) is 44.4 Å². The molecule has 3 nitrogen and oxygen atoms in total. The number of aromatic hydroxyl groups is 1. The van der Waals surface area contributed by atoms with Crippen molar-refractivity contribution in [1.29, 1.82) is 0 Å². The molecular formula is C17H17NO2S2. The molecule has 22 heavy (non-hydrogen) atoms. The predicted octanol–water partition coefficient (Wildman–Crippen LogP) is 3.79. The Bertz CT molecular complexity index is 779. The highest BCUT2D eigenvalue weighted by Crippen LogP contribution is 2.63. The van der Waals surface area contributed by atoms with Gasteiger partial charge in [-0.2, -0.15) is 0 Å². The summed E-state index contributed by atoms with van der Waals surface area (Å²) in [5.74, 6) is 2.89. The average Bonchev–Trinajstić information content (AvgIpc) is 3.19. The molecule has 5 rings (SSSR count). The molecule has 1 aromatic carbocycles. The van der Waals surface area contributed by atoms with E-state index in [1.54, 1.807) is 12.1 Å². The smallest absolute Gasteiger partial charge is 0.305 e. The summed E-state index contributed by atoms with van der Waals surface area (Å²) < 4.78 is 0. The van der Waals surface area contributed by atoms with Crippen molar-refractivity contribution in [3.63, 3.8) is 0 Å². The molecule has 0 amide bonds. The first-order chi connectivity index (χ1) is 10.7. The Morgan fingerprint density at radius 3 is 2.73 bits per heavy atom. The fourth-order valence-corrected chi connectivity index (χ4v) is 7.80. The van der Waals surface area contributed by atoms with Crippen LogP contribution in [0.5, 0.6) is 5.75 Å². The number of thiazole rings is 1. The van der Waals surface area contributed by atoms with Crippen LogP contribution in [0.4, 0.5) is 0 Å². The number of hydrogen-bond acceptors (Lipinski definition) is 4. The molecule has 2 fully saturated rings. The van der Waals surface area contributed by atoms with Gasteiger partial charge in [-0.15, -0.1) is 11.8 Å². The third-order valence-corrected chi connectivity index (χ3v) is 8.34. The van der Waals surface area contributed by atoms with Crippen molar-refractivity contribution < 1.29 is 5.11 Å². The Labute approximate surface area is 136 Å². The zero-order chi connectivity index (χ0) is 14.8. The van der Waals surface area contributed by atoms with E-state index in [1.165, 1.54) is 41.0 Å². The van der Waals surface area contributed by atoms with Crippen LogP contribution in [0, 0.1) is 17.8 Å². The number of phenols is 1. The van der Waals surface area contributed by atoms with Gasteiger partial charge in [0.1, 0.15) is 5.75 Å². The fraction of sp³-hybridized carbons (Fsp3) is 0.471. The maximum absolute atomic E-state index is 11.9. The average molecular weight is 331 g/mol. The number of rotatable bonds is 1. The highest BCUT2D eigenvalue weighted by atomic mass is 32.2. The summed E-state index contributed by atoms with van der Waals surface area (Å²) in [6.45, 7) is 0. The molecule has 0 unspecified atom stereocenters. The zero-order valence-corrected chi connectivity index (χ0v) is 13.6. The van der Waals surface area contributed by atoms with Crippen LogP contribution in [0.3, 0.4) is 0 Å². The highest BCUT2D eigenvalue weighted by molar-refractivity contribution is 8.00. The molecule has 5 atom stereocenters. The number of phenolic OH excluding ortho intramolecular Hbond substituents is 1. The second-order valence-electron chi connectivity index (χ2n) is 6.77. The second kappa shape index (κ2) is 4.65. The molecule has 2 bridgehead atoms. The van der Waals surface area contributed by atoms with Gasteiger partial charge in [-0.1, -0.05) is 23.5 Å². The topological polar surface area (TPSA) is 53.1 Å². The lowest BCUT2D eigenvalue weighted by Gasteiger charge is -2.40. The van der Waals surface area contributed by atoms with E-state index in [4.69, 9.17) is 0 Å². The largest absolute Gasteiger partial charge is 0.508 e. The van der Waals surface area contributed by atoms with Gasteiger partial charge in [0.2, 0.25) is 0 Å². The quantitative estimate of drug-likeness (QED) is 0.836. The lowest BCUT2D eigenvalue weighted by atomic mass is 9.75. The maximum Gasteiger partial charge on any atom is 0.305 e. The SMILES string of the molecule is O=c1[nH]c2c(s1)[C@@H](c1ccc(O)cc1)[C@H]1[C@H]3CC[C@@H](C3)[C@H]1S2. The summed E-state index contributed by atoms with van der Waals surface area (Å²) in [5, 5.41) is 11.3. The zero-order valence-electron chi connectivity index (χ0n) is 12.0. The number of benzene rings is 1. The van der Waals surface area contributed by atoms with E-state index in [-0.39, 0.29) is 4.87 Å². The first-order valence-electron chi connectivity index (χ1n) is 7.89. The van der Waals surface area contributed by atoms with Crippen molar-refractivity contribution >= 4 is 23.1 Å². The molecule has 5 heteroatoms. The van der Waals surface area contributed by atoms with Crippen LogP contribution in [0.15, 0.2) is 34.1 Å². The second-order valence-corrected chi connectivity index (χ2v) is 8.97. The lowest BCUT2D eigenvalue weighted by Crippen LogP contribution is -2.33. The van der Waals surface area contributed by atoms with Crippen LogP contribution in [-0.4, -0.2) is 15.3 Å². The first kappa shape index (κ1) is 13.3. The number of thioether (sulfide) groups is 1. The summed E-state index contributed by atoms with van der Waals surface area (Å²) in [5.41, 5.74) is 1.25. The monoisotopic (exact) mass is 331 g/mol. The number of hydrogen-bond donors (Lipinski definition) is 2. The van der Waals surface area contributed by atoms with Gasteiger partial charge in [0, 0.05) is 16.0 Å². The van der Waals surface area contributed by atoms with Gasteiger partial charge in [0.05, 0.1) is 5.03 Å². The number of fused-ring (bicyclic) bond motifs is 6. The Morgan fingerprint density at radius 2 is 1.91 bits per heavy atom. The van der Waals surface area contributed by atoms with Crippen LogP contribution in [-0.2, 0) is 0 Å². The Hall–Kier alpha value is -1.20. The van der Waals surface area contributed by atoms with E-state index in [2.05, 4.69) is 4.98 Å². The van der Waals surface area contributed by atoms with Gasteiger partial charge in [0.25, 0.3) is 0 Å². The molecule has 0 radical (unpaired) electrons. The molecule has 0 saturated heterocycles. The summed E-state index contributed by atoms with van der Waals surface area (Å²) >= 11 is 3.30. The third-order valence-electron chi connectivity index (χ3n) is 5.72. The molecule has 3 aliphatic rings. The molecule has 0 spiro atoms. The normalized spacial score (nSPS) is 35.4. The predicted molar refractivity (Wildman–Crippen MR) is 88.9 cm³/mol. The number of aromatic nitrogens is 1. The van der Waals surface area contributed by atoms with Crippen molar-refractivity contribution in [2.45, 2.75) is 35.5 Å². The summed E-state index contributed by atoms with van der Waals surface area (Å²) in [6.07, 6.45) is 4.05. The molecular weight excluding hydrogens is 314 g/mol. The van der Waals surface area contributed by atoms with Crippen molar-refractivity contribution in [1.82, 2.24) is 4.98 Å². The van der Waals surface area contributed by atoms with Crippen molar-refractivity contribution in [2.24, 2.45) is 17.8 Å². The molecule has 2 aliphatic carbocycles. The van der Waals surface area contributed by atoms with Gasteiger partial charge in [-0.25, -0.2) is 0 Å². The van der Waals surface area contributed by atoms with Gasteiger partial charge in [-0.05, 0) is 54.7 Å². The summed E-state index contributed by atoms with van der Waals surface area (Å²) in [6, 6.07) is 7.61. The van der Waals surface area contributed by atoms with Gasteiger partial charge in [0.15, 0.2) is 0 Å². The Balaban J connectivity index is 1.68. The molecule has 1 aliphatic heterocycles. The minimum atomic E-state index is 0.0635. The number of aromatic amines is 1. The van der Waals surface area contributed by atoms with Gasteiger partial charge < -0.3 is 10.1 Å². The first-order valence-corrected chi connectivity index (χ1v) is 9.59. The van der Waals surface area contributed by atoms with Crippen LogP contribution in [0.2, 0.25) is 0 Å². The standard InChI is InChI=1S/C17H17NO2S2/c19-11-5-3-8(4-6-11)12-13-9-1-2-10(7-9)14(13)21-16-15(12)22-17(20)18-16/h3-6,9-10,12-14,19H,1-2,7H2,(H,18,20)/t9-,10-,12-,13+,14+/m0/s1. The third kappa shape index (κ3) is 1.78. The van der Waals surface area contributed by atoms with Crippen LogP contribution < -0.4 is 4.87 Å². The van der Waals surface area contributed by atoms with Crippen molar-refractivity contribution in [2.75, 3.05) is 0 Å². The molecule has 2 heterocycles. The molecule has 2 N–H and O–H groups in total. The minimum absolute atomic E-state index is 0.0635. The molecule has 2 aromatic rings. The number of nitrogens with one attached hydrogen (secondary N) is 1. The van der Waals surface area contributed by atoms with E-state index in [9.17, 15) is 9.90 Å². The Kier molecular flexibility index (Phi) is 2.80. The van der Waals surface area contributed by atoms with Gasteiger partial charge in [-0.3, -0.25) is 4.79 Å². The molecule has 1 aromatic heterocycles. The maximum atomic E-state index is 11.9. The van der Waals surface area contributed by atoms with Crippen molar-refractivity contribution in [3.8, 4) is 5.75 Å². The number of H-pyrrole nitrogens is 1. The van der Waals surface area contributed by atoms with E-state index >= 15 is 0 Å². The van der Waals surface area contributed by atoms with E-state index in [0.29, 0.717) is 22.8 Å². The summed E-state index contributed by atoms with van der Waals surface area (Å²) in [4.78, 5) is 16.2. The molecule has 2 saturated carbocycles. The van der Waals surface area contributed by atoms with E-state index in [0.717, 1.165) is 16.9 Å². The van der Waals surface area contributed by atoms with Crippen LogP contribution in [0.1, 0.15) is 35.6 Å². The molecule has 114 valence electrons. The van der Waals surface area contributed by atoms with Crippen LogP contribution in [0.25, 0.3) is 0 Å². The Morgan fingerprint density at radius 1 is 1.14 bits per heavy atom. The summed E-state index contributed by atoms with van der Waals surface area (Å²) in [7, 11) is 0. The minimum Gasteiger partial charge on any atom is -0.508 e. The fourth-order valence-electron chi connectivity index (χ4n) is 4.90.